The summed E-state index contributed by atoms with van der Waals surface area (Å²) in [5.41, 5.74) is 2.47. The average molecular weight is 327 g/mol. The van der Waals surface area contributed by atoms with Gasteiger partial charge in [0.2, 0.25) is 0 Å². The molecular weight excluding hydrogens is 312 g/mol. The highest BCUT2D eigenvalue weighted by molar-refractivity contribution is 6.30. The van der Waals surface area contributed by atoms with Crippen LogP contribution in [0.4, 0.5) is 11.5 Å². The Morgan fingerprint density at radius 3 is 2.87 bits per heavy atom. The van der Waals surface area contributed by atoms with E-state index < -0.39 is 0 Å². The molecule has 23 heavy (non-hydrogen) atoms. The van der Waals surface area contributed by atoms with E-state index in [4.69, 9.17) is 11.6 Å². The number of aromatic nitrogens is 2. The quantitative estimate of drug-likeness (QED) is 0.750. The van der Waals surface area contributed by atoms with Crippen molar-refractivity contribution in [1.82, 2.24) is 9.38 Å². The fourth-order valence-electron chi connectivity index (χ4n) is 2.26. The van der Waals surface area contributed by atoms with Crippen LogP contribution >= 0.6 is 11.6 Å². The van der Waals surface area contributed by atoms with Gasteiger partial charge in [-0.25, -0.2) is 4.98 Å². The Bertz CT molecular complexity index is 962. The summed E-state index contributed by atoms with van der Waals surface area (Å²) in [5.74, 6) is 0.490. The van der Waals surface area contributed by atoms with Crippen LogP contribution in [0.2, 0.25) is 5.02 Å². The first-order valence-electron chi connectivity index (χ1n) is 7.09. The zero-order valence-electron chi connectivity index (χ0n) is 12.7. The fourth-order valence-corrected chi connectivity index (χ4v) is 2.45. The van der Waals surface area contributed by atoms with Gasteiger partial charge in [-0.2, -0.15) is 0 Å². The molecule has 0 amide bonds. The van der Waals surface area contributed by atoms with Crippen LogP contribution in [0.3, 0.4) is 0 Å². The molecule has 0 aliphatic rings. The lowest BCUT2D eigenvalue weighted by molar-refractivity contribution is 1.03. The van der Waals surface area contributed by atoms with Crippen molar-refractivity contribution in [2.75, 3.05) is 12.4 Å². The lowest BCUT2D eigenvalue weighted by atomic mass is 10.2. The molecule has 0 bridgehead atoms. The number of aryl methyl sites for hydroxylation is 1. The maximum Gasteiger partial charge on any atom is 0.268 e. The molecule has 116 valence electrons. The third-order valence-corrected chi connectivity index (χ3v) is 3.63. The fraction of sp³-hybridized carbons (Fsp3) is 0.118. The summed E-state index contributed by atoms with van der Waals surface area (Å²) in [6.45, 7) is 1.93. The second-order valence-electron chi connectivity index (χ2n) is 5.10. The molecule has 0 atom stereocenters. The molecule has 0 saturated carbocycles. The van der Waals surface area contributed by atoms with E-state index in [9.17, 15) is 4.79 Å². The summed E-state index contributed by atoms with van der Waals surface area (Å²) < 4.78 is 1.52. The van der Waals surface area contributed by atoms with E-state index in [0.717, 1.165) is 5.56 Å². The van der Waals surface area contributed by atoms with Crippen LogP contribution in [-0.4, -0.2) is 22.6 Å². The predicted molar refractivity (Wildman–Crippen MR) is 94.5 cm³/mol. The van der Waals surface area contributed by atoms with E-state index in [1.54, 1.807) is 25.4 Å². The summed E-state index contributed by atoms with van der Waals surface area (Å²) in [7, 11) is 1.73. The normalized spacial score (nSPS) is 11.3. The minimum atomic E-state index is -0.172. The molecule has 1 aromatic carbocycles. The zero-order chi connectivity index (χ0) is 16.4. The minimum Gasteiger partial charge on any atom is -0.372 e. The van der Waals surface area contributed by atoms with Crippen LogP contribution < -0.4 is 10.9 Å². The van der Waals surface area contributed by atoms with Gasteiger partial charge in [0.25, 0.3) is 5.56 Å². The average Bonchev–Trinajstić information content (AvgIpc) is 2.54. The van der Waals surface area contributed by atoms with Crippen molar-refractivity contribution in [3.05, 3.63) is 69.1 Å². The van der Waals surface area contributed by atoms with Gasteiger partial charge in [-0.3, -0.25) is 14.2 Å². The minimum absolute atomic E-state index is 0.172. The van der Waals surface area contributed by atoms with Gasteiger partial charge in [0.15, 0.2) is 0 Å². The Balaban J connectivity index is 2.16. The number of anilines is 1. The lowest BCUT2D eigenvalue weighted by Gasteiger charge is -2.08. The number of nitrogens with one attached hydrogen (secondary N) is 1. The Morgan fingerprint density at radius 2 is 2.13 bits per heavy atom. The monoisotopic (exact) mass is 326 g/mol. The Hall–Kier alpha value is -2.66. The lowest BCUT2D eigenvalue weighted by Crippen LogP contribution is -2.21. The number of benzene rings is 1. The number of nitrogens with zero attached hydrogens (tertiary/aromatic N) is 3. The van der Waals surface area contributed by atoms with Gasteiger partial charge in [0.1, 0.15) is 17.0 Å². The largest absolute Gasteiger partial charge is 0.372 e. The number of halogens is 1. The van der Waals surface area contributed by atoms with E-state index in [1.807, 2.05) is 31.2 Å². The van der Waals surface area contributed by atoms with Gasteiger partial charge >= 0.3 is 0 Å². The summed E-state index contributed by atoms with van der Waals surface area (Å²) in [6, 6.07) is 10.9. The summed E-state index contributed by atoms with van der Waals surface area (Å²) in [5, 5.41) is 3.54. The molecule has 0 saturated heterocycles. The second kappa shape index (κ2) is 6.22. The topological polar surface area (TPSA) is 58.8 Å². The van der Waals surface area contributed by atoms with Gasteiger partial charge in [-0.1, -0.05) is 23.7 Å². The van der Waals surface area contributed by atoms with Gasteiger partial charge in [0.05, 0.1) is 5.69 Å². The molecule has 0 unspecified atom stereocenters. The molecule has 2 heterocycles. The first-order chi connectivity index (χ1) is 11.1. The molecule has 0 aliphatic carbocycles. The first kappa shape index (κ1) is 15.2. The molecule has 0 fully saturated rings. The summed E-state index contributed by atoms with van der Waals surface area (Å²) in [6.07, 6.45) is 3.28. The number of fused-ring (bicyclic) bond motifs is 1. The van der Waals surface area contributed by atoms with Crippen LogP contribution in [-0.2, 0) is 0 Å². The van der Waals surface area contributed by atoms with Crippen LogP contribution in [0.5, 0.6) is 0 Å². The maximum atomic E-state index is 12.7. The maximum absolute atomic E-state index is 12.7. The Kier molecular flexibility index (Phi) is 4.12. The van der Waals surface area contributed by atoms with Crippen LogP contribution in [0, 0.1) is 6.92 Å². The molecule has 3 rings (SSSR count). The first-order valence-corrected chi connectivity index (χ1v) is 7.46. The van der Waals surface area contributed by atoms with Crippen molar-refractivity contribution < 1.29 is 0 Å². The van der Waals surface area contributed by atoms with E-state index in [2.05, 4.69) is 15.3 Å². The SMILES string of the molecule is CNc1nc2ccc(C)cn2c(=O)c1C=Nc1cccc(Cl)c1. The summed E-state index contributed by atoms with van der Waals surface area (Å²) in [4.78, 5) is 21.5. The molecule has 6 heteroatoms. The van der Waals surface area contributed by atoms with Crippen molar-refractivity contribution >= 4 is 35.0 Å². The Morgan fingerprint density at radius 1 is 1.30 bits per heavy atom. The van der Waals surface area contributed by atoms with Crippen molar-refractivity contribution in [2.24, 2.45) is 4.99 Å². The van der Waals surface area contributed by atoms with Crippen molar-refractivity contribution in [3.8, 4) is 0 Å². The van der Waals surface area contributed by atoms with Crippen LogP contribution in [0.1, 0.15) is 11.1 Å². The van der Waals surface area contributed by atoms with Gasteiger partial charge in [-0.05, 0) is 36.8 Å². The number of rotatable bonds is 3. The highest BCUT2D eigenvalue weighted by Gasteiger charge is 2.10. The molecular formula is C17H15ClN4O. The van der Waals surface area contributed by atoms with Crippen LogP contribution in [0.25, 0.3) is 5.65 Å². The van der Waals surface area contributed by atoms with Crippen molar-refractivity contribution in [1.29, 1.82) is 0 Å². The van der Waals surface area contributed by atoms with Crippen LogP contribution in [0.15, 0.2) is 52.4 Å². The number of hydrogen-bond acceptors (Lipinski definition) is 4. The molecule has 2 aromatic heterocycles. The summed E-state index contributed by atoms with van der Waals surface area (Å²) >= 11 is 5.95. The van der Waals surface area contributed by atoms with Gasteiger partial charge < -0.3 is 5.32 Å². The molecule has 3 aromatic rings. The van der Waals surface area contributed by atoms with E-state index in [0.29, 0.717) is 27.7 Å². The smallest absolute Gasteiger partial charge is 0.268 e. The van der Waals surface area contributed by atoms with Gasteiger partial charge in [0, 0.05) is 24.5 Å². The van der Waals surface area contributed by atoms with E-state index >= 15 is 0 Å². The van der Waals surface area contributed by atoms with Gasteiger partial charge in [-0.15, -0.1) is 0 Å². The third-order valence-electron chi connectivity index (χ3n) is 3.39. The second-order valence-corrected chi connectivity index (χ2v) is 5.54. The molecule has 5 nitrogen and oxygen atoms in total. The third kappa shape index (κ3) is 3.10. The molecule has 0 radical (unpaired) electrons. The Labute approximate surface area is 138 Å². The predicted octanol–water partition coefficient (Wildman–Crippen LogP) is 3.45. The molecule has 1 N–H and O–H groups in total. The van der Waals surface area contributed by atoms with Crippen molar-refractivity contribution in [2.45, 2.75) is 6.92 Å². The standard InChI is InChI=1S/C17H15ClN4O/c1-11-6-7-15-21-16(19-2)14(17(23)22(15)10-11)9-20-13-5-3-4-12(18)8-13/h3-10,19H,1-2H3. The number of aliphatic imine (C=N–C) groups is 1. The highest BCUT2D eigenvalue weighted by Crippen LogP contribution is 2.18. The van der Waals surface area contributed by atoms with Crippen molar-refractivity contribution in [3.63, 3.8) is 0 Å². The molecule has 0 aliphatic heterocycles. The number of pyridine rings is 1. The van der Waals surface area contributed by atoms with E-state index in [1.165, 1.54) is 10.6 Å². The van der Waals surface area contributed by atoms with E-state index in [-0.39, 0.29) is 5.56 Å². The molecule has 0 spiro atoms. The highest BCUT2D eigenvalue weighted by atomic mass is 35.5. The number of hydrogen-bond donors (Lipinski definition) is 1. The zero-order valence-corrected chi connectivity index (χ0v) is 13.5.